The maximum atomic E-state index is 11.9. The fraction of sp³-hybridized carbons (Fsp3) is 0.0588. The predicted molar refractivity (Wildman–Crippen MR) is 86.1 cm³/mol. The average molecular weight is 307 g/mol. The molecule has 0 radical (unpaired) electrons. The monoisotopic (exact) mass is 307 g/mol. The summed E-state index contributed by atoms with van der Waals surface area (Å²) in [6.07, 6.45) is 0. The lowest BCUT2D eigenvalue weighted by atomic mass is 10.1. The zero-order valence-corrected chi connectivity index (χ0v) is 12.1. The van der Waals surface area contributed by atoms with Crippen LogP contribution in [0.5, 0.6) is 11.5 Å². The second-order valence-electron chi connectivity index (χ2n) is 5.04. The van der Waals surface area contributed by atoms with E-state index in [1.807, 2.05) is 42.5 Å². The molecule has 6 heteroatoms. The molecule has 4 rings (SSSR count). The molecule has 6 nitrogen and oxygen atoms in total. The van der Waals surface area contributed by atoms with Crippen LogP contribution in [0.2, 0.25) is 0 Å². The Morgan fingerprint density at radius 2 is 1.83 bits per heavy atom. The molecule has 0 bridgehead atoms. The summed E-state index contributed by atoms with van der Waals surface area (Å²) in [6, 6.07) is 16.5. The molecular weight excluding hydrogens is 294 g/mol. The van der Waals surface area contributed by atoms with Crippen LogP contribution < -0.4 is 20.3 Å². The second-order valence-corrected chi connectivity index (χ2v) is 5.04. The fourth-order valence-corrected chi connectivity index (χ4v) is 2.38. The van der Waals surface area contributed by atoms with Gasteiger partial charge in [0.15, 0.2) is 11.5 Å². The Morgan fingerprint density at radius 1 is 1.00 bits per heavy atom. The summed E-state index contributed by atoms with van der Waals surface area (Å²) in [7, 11) is 0. The highest BCUT2D eigenvalue weighted by molar-refractivity contribution is 5.63. The first-order valence-electron chi connectivity index (χ1n) is 7.11. The second kappa shape index (κ2) is 5.49. The van der Waals surface area contributed by atoms with Gasteiger partial charge in [-0.15, -0.1) is 0 Å². The van der Waals surface area contributed by atoms with Crippen LogP contribution >= 0.6 is 0 Å². The third kappa shape index (κ3) is 2.74. The Balaban J connectivity index is 1.67. The van der Waals surface area contributed by atoms with Crippen molar-refractivity contribution >= 4 is 11.6 Å². The predicted octanol–water partition coefficient (Wildman–Crippen LogP) is 2.91. The number of nitrogens with zero attached hydrogens (tertiary/aromatic N) is 1. The van der Waals surface area contributed by atoms with E-state index in [2.05, 4.69) is 15.3 Å². The molecule has 0 aliphatic carbocycles. The number of hydrogen-bond acceptors (Lipinski definition) is 5. The van der Waals surface area contributed by atoms with Crippen LogP contribution in [0.4, 0.5) is 11.6 Å². The van der Waals surface area contributed by atoms with Crippen molar-refractivity contribution in [2.45, 2.75) is 0 Å². The van der Waals surface area contributed by atoms with E-state index >= 15 is 0 Å². The van der Waals surface area contributed by atoms with Gasteiger partial charge in [-0.25, -0.2) is 4.98 Å². The average Bonchev–Trinajstić information content (AvgIpc) is 3.03. The minimum Gasteiger partial charge on any atom is -0.454 e. The number of hydrogen-bond donors (Lipinski definition) is 2. The van der Waals surface area contributed by atoms with Gasteiger partial charge in [0, 0.05) is 23.4 Å². The molecule has 1 aliphatic heterocycles. The van der Waals surface area contributed by atoms with Crippen LogP contribution in [-0.4, -0.2) is 16.8 Å². The fourth-order valence-electron chi connectivity index (χ4n) is 2.38. The Morgan fingerprint density at radius 3 is 2.70 bits per heavy atom. The number of ether oxygens (including phenoxy) is 2. The van der Waals surface area contributed by atoms with E-state index in [0.29, 0.717) is 23.1 Å². The number of fused-ring (bicyclic) bond motifs is 1. The first-order chi connectivity index (χ1) is 11.3. The number of aromatic amines is 1. The third-order valence-corrected chi connectivity index (χ3v) is 3.45. The molecule has 0 unspecified atom stereocenters. The molecule has 0 atom stereocenters. The number of H-pyrrole nitrogens is 1. The first-order valence-corrected chi connectivity index (χ1v) is 7.11. The highest BCUT2D eigenvalue weighted by atomic mass is 16.7. The number of rotatable bonds is 3. The molecule has 2 N–H and O–H groups in total. The van der Waals surface area contributed by atoms with Crippen LogP contribution in [0.25, 0.3) is 11.3 Å². The van der Waals surface area contributed by atoms with Gasteiger partial charge in [-0.05, 0) is 12.1 Å². The van der Waals surface area contributed by atoms with Crippen molar-refractivity contribution < 1.29 is 9.47 Å². The van der Waals surface area contributed by atoms with Gasteiger partial charge in [0.2, 0.25) is 12.7 Å². The third-order valence-electron chi connectivity index (χ3n) is 3.45. The molecular formula is C17H13N3O3. The molecule has 1 aromatic heterocycles. The summed E-state index contributed by atoms with van der Waals surface area (Å²) in [5.74, 6) is 1.74. The molecule has 114 valence electrons. The lowest BCUT2D eigenvalue weighted by molar-refractivity contribution is 0.174. The van der Waals surface area contributed by atoms with Gasteiger partial charge in [-0.3, -0.25) is 9.78 Å². The van der Waals surface area contributed by atoms with Gasteiger partial charge in [0.1, 0.15) is 0 Å². The van der Waals surface area contributed by atoms with Crippen molar-refractivity contribution in [3.05, 3.63) is 65.0 Å². The van der Waals surface area contributed by atoms with E-state index < -0.39 is 0 Å². The van der Waals surface area contributed by atoms with Gasteiger partial charge in [-0.2, -0.15) is 0 Å². The van der Waals surface area contributed by atoms with Crippen LogP contribution in [0.1, 0.15) is 0 Å². The molecule has 0 saturated carbocycles. The van der Waals surface area contributed by atoms with Gasteiger partial charge >= 0.3 is 0 Å². The molecule has 2 heterocycles. The van der Waals surface area contributed by atoms with Crippen molar-refractivity contribution in [2.24, 2.45) is 0 Å². The Kier molecular flexibility index (Phi) is 3.20. The Bertz CT molecular complexity index is 906. The Hall–Kier alpha value is -3.28. The molecule has 0 amide bonds. The number of aromatic nitrogens is 2. The van der Waals surface area contributed by atoms with E-state index in [0.717, 1.165) is 11.3 Å². The van der Waals surface area contributed by atoms with Gasteiger partial charge in [0.05, 0.1) is 5.69 Å². The number of benzene rings is 2. The summed E-state index contributed by atoms with van der Waals surface area (Å²) in [5.41, 5.74) is 2.02. The number of nitrogens with one attached hydrogen (secondary N) is 2. The smallest absolute Gasteiger partial charge is 0.252 e. The van der Waals surface area contributed by atoms with E-state index in [9.17, 15) is 4.79 Å². The van der Waals surface area contributed by atoms with Crippen LogP contribution in [0.15, 0.2) is 59.4 Å². The van der Waals surface area contributed by atoms with Crippen molar-refractivity contribution in [1.82, 2.24) is 9.97 Å². The molecule has 2 aromatic carbocycles. The largest absolute Gasteiger partial charge is 0.454 e. The van der Waals surface area contributed by atoms with Crippen molar-refractivity contribution in [3.63, 3.8) is 0 Å². The summed E-state index contributed by atoms with van der Waals surface area (Å²) in [5, 5.41) is 3.08. The normalized spacial score (nSPS) is 12.2. The summed E-state index contributed by atoms with van der Waals surface area (Å²) >= 11 is 0. The minimum atomic E-state index is -0.220. The van der Waals surface area contributed by atoms with Crippen molar-refractivity contribution in [1.29, 1.82) is 0 Å². The summed E-state index contributed by atoms with van der Waals surface area (Å²) in [6.45, 7) is 0.220. The highest BCUT2D eigenvalue weighted by Gasteiger charge is 2.13. The van der Waals surface area contributed by atoms with E-state index in [-0.39, 0.29) is 12.4 Å². The molecule has 1 aliphatic rings. The number of anilines is 2. The first kappa shape index (κ1) is 13.4. The lowest BCUT2D eigenvalue weighted by Gasteiger charge is -2.08. The maximum absolute atomic E-state index is 11.9. The standard InChI is InChI=1S/C17H13N3O3/c21-16-9-13(11-4-2-1-3-5-11)19-17(20-16)18-12-6-7-14-15(8-12)23-10-22-14/h1-9H,10H2,(H2,18,19,20,21). The highest BCUT2D eigenvalue weighted by Crippen LogP contribution is 2.34. The maximum Gasteiger partial charge on any atom is 0.252 e. The zero-order chi connectivity index (χ0) is 15.6. The van der Waals surface area contributed by atoms with Gasteiger partial charge in [0.25, 0.3) is 5.56 Å². The molecule has 0 spiro atoms. The van der Waals surface area contributed by atoms with E-state index in [1.165, 1.54) is 6.07 Å². The van der Waals surface area contributed by atoms with Crippen LogP contribution in [0.3, 0.4) is 0 Å². The molecule has 23 heavy (non-hydrogen) atoms. The van der Waals surface area contributed by atoms with Crippen LogP contribution in [0, 0.1) is 0 Å². The van der Waals surface area contributed by atoms with Gasteiger partial charge < -0.3 is 14.8 Å². The Labute approximate surface area is 131 Å². The van der Waals surface area contributed by atoms with E-state index in [1.54, 1.807) is 6.07 Å². The molecule has 3 aromatic rings. The SMILES string of the molecule is O=c1cc(-c2ccccc2)nc(Nc2ccc3c(c2)OCO3)[nH]1. The topological polar surface area (TPSA) is 76.2 Å². The quantitative estimate of drug-likeness (QED) is 0.778. The molecule has 0 saturated heterocycles. The zero-order valence-electron chi connectivity index (χ0n) is 12.1. The summed E-state index contributed by atoms with van der Waals surface area (Å²) in [4.78, 5) is 19.0. The van der Waals surface area contributed by atoms with Crippen molar-refractivity contribution in [2.75, 3.05) is 12.1 Å². The minimum absolute atomic E-state index is 0.220. The van der Waals surface area contributed by atoms with Gasteiger partial charge in [-0.1, -0.05) is 30.3 Å². The molecule has 0 fully saturated rings. The summed E-state index contributed by atoms with van der Waals surface area (Å²) < 4.78 is 10.6. The van der Waals surface area contributed by atoms with Crippen LogP contribution in [-0.2, 0) is 0 Å². The van der Waals surface area contributed by atoms with Crippen molar-refractivity contribution in [3.8, 4) is 22.8 Å². The van der Waals surface area contributed by atoms with E-state index in [4.69, 9.17) is 9.47 Å². The lowest BCUT2D eigenvalue weighted by Crippen LogP contribution is -2.10.